The van der Waals surface area contributed by atoms with Crippen molar-refractivity contribution < 1.29 is 9.53 Å². The lowest BCUT2D eigenvalue weighted by Crippen LogP contribution is -2.37. The van der Waals surface area contributed by atoms with Crippen molar-refractivity contribution in [3.8, 4) is 5.75 Å². The Bertz CT molecular complexity index is 514. The Morgan fingerprint density at radius 3 is 2.90 bits per heavy atom. The number of Topliss-reactive ketones (excluding diaryl/α,β-unsaturated/α-hetero) is 1. The standard InChI is InChI=1S/C16H22ClNO2/c1-4-5-6-18-8-12-9-20-16-10(2)7-13(17)11(3)14(16)15(12)19/h7,12,18H,4-6,8-9H2,1-3H3. The summed E-state index contributed by atoms with van der Waals surface area (Å²) in [6.07, 6.45) is 2.28. The molecule has 0 saturated heterocycles. The van der Waals surface area contributed by atoms with Crippen molar-refractivity contribution in [2.45, 2.75) is 33.6 Å². The summed E-state index contributed by atoms with van der Waals surface area (Å²) < 4.78 is 5.81. The smallest absolute Gasteiger partial charge is 0.174 e. The number of unbranched alkanes of at least 4 members (excludes halogenated alkanes) is 1. The lowest BCUT2D eigenvalue weighted by molar-refractivity contribution is 0.0828. The fourth-order valence-electron chi connectivity index (χ4n) is 2.53. The van der Waals surface area contributed by atoms with Crippen LogP contribution in [-0.2, 0) is 0 Å². The van der Waals surface area contributed by atoms with E-state index in [0.717, 1.165) is 30.5 Å². The lowest BCUT2D eigenvalue weighted by atomic mass is 9.90. The fraction of sp³-hybridized carbons (Fsp3) is 0.562. The number of ether oxygens (including phenoxy) is 1. The molecule has 1 heterocycles. The highest BCUT2D eigenvalue weighted by Gasteiger charge is 2.31. The first-order valence-corrected chi connectivity index (χ1v) is 7.61. The van der Waals surface area contributed by atoms with Crippen molar-refractivity contribution in [3.05, 3.63) is 27.8 Å². The van der Waals surface area contributed by atoms with E-state index < -0.39 is 0 Å². The summed E-state index contributed by atoms with van der Waals surface area (Å²) >= 11 is 6.19. The molecule has 1 aromatic rings. The van der Waals surface area contributed by atoms with Gasteiger partial charge in [-0.25, -0.2) is 0 Å². The number of fused-ring (bicyclic) bond motifs is 1. The number of carbonyl (C=O) groups is 1. The number of ketones is 1. The van der Waals surface area contributed by atoms with E-state index in [1.165, 1.54) is 0 Å². The minimum atomic E-state index is -0.115. The maximum atomic E-state index is 12.6. The summed E-state index contributed by atoms with van der Waals surface area (Å²) in [4.78, 5) is 12.6. The number of aryl methyl sites for hydroxylation is 1. The van der Waals surface area contributed by atoms with Crippen LogP contribution in [0.1, 0.15) is 41.3 Å². The zero-order chi connectivity index (χ0) is 14.7. The summed E-state index contributed by atoms with van der Waals surface area (Å²) in [5, 5.41) is 3.97. The molecular formula is C16H22ClNO2. The van der Waals surface area contributed by atoms with Crippen LogP contribution in [0.5, 0.6) is 5.75 Å². The van der Waals surface area contributed by atoms with E-state index in [-0.39, 0.29) is 11.7 Å². The average molecular weight is 296 g/mol. The highest BCUT2D eigenvalue weighted by Crippen LogP contribution is 2.36. The number of hydrogen-bond donors (Lipinski definition) is 1. The van der Waals surface area contributed by atoms with E-state index in [0.29, 0.717) is 29.5 Å². The van der Waals surface area contributed by atoms with Crippen molar-refractivity contribution >= 4 is 17.4 Å². The number of nitrogens with one attached hydrogen (secondary N) is 1. The fourth-order valence-corrected chi connectivity index (χ4v) is 2.79. The lowest BCUT2D eigenvalue weighted by Gasteiger charge is -2.27. The zero-order valence-corrected chi connectivity index (χ0v) is 13.1. The number of halogens is 1. The molecular weight excluding hydrogens is 274 g/mol. The van der Waals surface area contributed by atoms with Crippen LogP contribution in [-0.4, -0.2) is 25.5 Å². The molecule has 2 rings (SSSR count). The molecule has 20 heavy (non-hydrogen) atoms. The van der Waals surface area contributed by atoms with E-state index in [1.807, 2.05) is 19.9 Å². The van der Waals surface area contributed by atoms with Crippen molar-refractivity contribution in [2.24, 2.45) is 5.92 Å². The zero-order valence-electron chi connectivity index (χ0n) is 12.4. The maximum absolute atomic E-state index is 12.6. The van der Waals surface area contributed by atoms with Crippen LogP contribution in [0, 0.1) is 19.8 Å². The van der Waals surface area contributed by atoms with Crippen molar-refractivity contribution in [1.29, 1.82) is 0 Å². The van der Waals surface area contributed by atoms with Gasteiger partial charge in [0, 0.05) is 11.6 Å². The Morgan fingerprint density at radius 2 is 2.20 bits per heavy atom. The number of carbonyl (C=O) groups excluding carboxylic acids is 1. The van der Waals surface area contributed by atoms with Crippen LogP contribution in [0.2, 0.25) is 5.02 Å². The van der Waals surface area contributed by atoms with Gasteiger partial charge in [-0.3, -0.25) is 4.79 Å². The number of hydrogen-bond acceptors (Lipinski definition) is 3. The highest BCUT2D eigenvalue weighted by molar-refractivity contribution is 6.32. The van der Waals surface area contributed by atoms with Crippen LogP contribution in [0.15, 0.2) is 6.07 Å². The molecule has 4 heteroatoms. The largest absolute Gasteiger partial charge is 0.492 e. The Kier molecular flexibility index (Phi) is 5.06. The third kappa shape index (κ3) is 2.99. The molecule has 0 saturated carbocycles. The SMILES string of the molecule is CCCCNCC1COc2c(C)cc(Cl)c(C)c2C1=O. The monoisotopic (exact) mass is 295 g/mol. The van der Waals surface area contributed by atoms with Crippen LogP contribution >= 0.6 is 11.6 Å². The highest BCUT2D eigenvalue weighted by atomic mass is 35.5. The van der Waals surface area contributed by atoms with Gasteiger partial charge in [0.05, 0.1) is 18.1 Å². The molecule has 1 atom stereocenters. The summed E-state index contributed by atoms with van der Waals surface area (Å²) in [7, 11) is 0. The Labute approximate surface area is 125 Å². The first-order chi connectivity index (χ1) is 9.56. The third-order valence-corrected chi connectivity index (χ3v) is 4.20. The molecule has 0 bridgehead atoms. The van der Waals surface area contributed by atoms with Crippen molar-refractivity contribution in [1.82, 2.24) is 5.32 Å². The van der Waals surface area contributed by atoms with Gasteiger partial charge in [-0.15, -0.1) is 0 Å². The van der Waals surface area contributed by atoms with Gasteiger partial charge in [0.25, 0.3) is 0 Å². The Balaban J connectivity index is 2.16. The number of benzene rings is 1. The molecule has 0 aliphatic carbocycles. The number of rotatable bonds is 5. The van der Waals surface area contributed by atoms with Gasteiger partial charge < -0.3 is 10.1 Å². The molecule has 0 amide bonds. The quantitative estimate of drug-likeness (QED) is 0.845. The van der Waals surface area contributed by atoms with E-state index >= 15 is 0 Å². The van der Waals surface area contributed by atoms with Crippen LogP contribution in [0.3, 0.4) is 0 Å². The molecule has 3 nitrogen and oxygen atoms in total. The van der Waals surface area contributed by atoms with Gasteiger partial charge in [0.2, 0.25) is 0 Å². The molecule has 1 aromatic carbocycles. The summed E-state index contributed by atoms with van der Waals surface area (Å²) in [5.74, 6) is 0.746. The van der Waals surface area contributed by atoms with E-state index in [9.17, 15) is 4.79 Å². The predicted molar refractivity (Wildman–Crippen MR) is 82.0 cm³/mol. The first-order valence-electron chi connectivity index (χ1n) is 7.23. The molecule has 1 aliphatic heterocycles. The van der Waals surface area contributed by atoms with Crippen molar-refractivity contribution in [3.63, 3.8) is 0 Å². The normalized spacial score (nSPS) is 17.8. The molecule has 0 aromatic heterocycles. The molecule has 1 aliphatic rings. The second-order valence-electron chi connectivity index (χ2n) is 5.43. The maximum Gasteiger partial charge on any atom is 0.174 e. The van der Waals surface area contributed by atoms with Gasteiger partial charge in [0.1, 0.15) is 5.75 Å². The molecule has 0 fully saturated rings. The van der Waals surface area contributed by atoms with Gasteiger partial charge in [0.15, 0.2) is 5.78 Å². The molecule has 1 unspecified atom stereocenters. The predicted octanol–water partition coefficient (Wildman–Crippen LogP) is 3.54. The third-order valence-electron chi connectivity index (χ3n) is 3.81. The summed E-state index contributed by atoms with van der Waals surface area (Å²) in [5.41, 5.74) is 2.43. The second-order valence-corrected chi connectivity index (χ2v) is 5.84. The van der Waals surface area contributed by atoms with Gasteiger partial charge >= 0.3 is 0 Å². The van der Waals surface area contributed by atoms with Gasteiger partial charge in [-0.1, -0.05) is 24.9 Å². The summed E-state index contributed by atoms with van der Waals surface area (Å²) in [6, 6.07) is 1.86. The molecule has 0 spiro atoms. The Hall–Kier alpha value is -1.06. The van der Waals surface area contributed by atoms with Gasteiger partial charge in [-0.2, -0.15) is 0 Å². The Morgan fingerprint density at radius 1 is 1.45 bits per heavy atom. The van der Waals surface area contributed by atoms with Crippen LogP contribution < -0.4 is 10.1 Å². The van der Waals surface area contributed by atoms with E-state index in [1.54, 1.807) is 0 Å². The molecule has 1 N–H and O–H groups in total. The van der Waals surface area contributed by atoms with Crippen LogP contribution in [0.4, 0.5) is 0 Å². The first kappa shape index (κ1) is 15.3. The molecule has 110 valence electrons. The van der Waals surface area contributed by atoms with Crippen LogP contribution in [0.25, 0.3) is 0 Å². The summed E-state index contributed by atoms with van der Waals surface area (Å²) in [6.45, 7) is 8.03. The van der Waals surface area contributed by atoms with Crippen molar-refractivity contribution in [2.75, 3.05) is 19.7 Å². The minimum absolute atomic E-state index is 0.115. The minimum Gasteiger partial charge on any atom is -0.492 e. The second kappa shape index (κ2) is 6.59. The topological polar surface area (TPSA) is 38.3 Å². The molecule has 0 radical (unpaired) electrons. The van der Waals surface area contributed by atoms with E-state index in [2.05, 4.69) is 12.2 Å². The van der Waals surface area contributed by atoms with E-state index in [4.69, 9.17) is 16.3 Å². The van der Waals surface area contributed by atoms with Gasteiger partial charge in [-0.05, 0) is 44.0 Å². The average Bonchev–Trinajstić information content (AvgIpc) is 2.42.